The molecule has 1 N–H and O–H groups in total. The van der Waals surface area contributed by atoms with Crippen molar-refractivity contribution in [2.75, 3.05) is 4.43 Å². The number of alkyl halides is 1. The molecule has 2 saturated carbocycles. The molecule has 0 spiro atoms. The fourth-order valence-corrected chi connectivity index (χ4v) is 8.26. The molecule has 2 aliphatic carbocycles. The molecule has 0 unspecified atom stereocenters. The van der Waals surface area contributed by atoms with Crippen LogP contribution in [0.15, 0.2) is 0 Å². The van der Waals surface area contributed by atoms with Crippen LogP contribution in [0.4, 0.5) is 0 Å². The van der Waals surface area contributed by atoms with E-state index < -0.39 is 13.9 Å². The summed E-state index contributed by atoms with van der Waals surface area (Å²) in [5, 5.41) is 10.4. The van der Waals surface area contributed by atoms with Gasteiger partial charge in [-0.25, -0.2) is 0 Å². The second-order valence-electron chi connectivity index (χ2n) is 12.2. The van der Waals surface area contributed by atoms with E-state index in [1.165, 1.54) is 43.0 Å². The van der Waals surface area contributed by atoms with Crippen molar-refractivity contribution < 1.29 is 9.53 Å². The molecule has 0 saturated heterocycles. The van der Waals surface area contributed by atoms with Crippen LogP contribution in [0.5, 0.6) is 0 Å². The van der Waals surface area contributed by atoms with Crippen molar-refractivity contribution in [3.05, 3.63) is 0 Å². The molecule has 5 atom stereocenters. The first-order chi connectivity index (χ1) is 12.7. The van der Waals surface area contributed by atoms with Gasteiger partial charge < -0.3 is 9.53 Å². The van der Waals surface area contributed by atoms with E-state index in [1.54, 1.807) is 0 Å². The van der Waals surface area contributed by atoms with Crippen molar-refractivity contribution >= 4 is 30.9 Å². The average molecular weight is 523 g/mol. The summed E-state index contributed by atoms with van der Waals surface area (Å²) in [5.74, 6) is 2.38. The van der Waals surface area contributed by atoms with E-state index >= 15 is 0 Å². The minimum atomic E-state index is -1.71. The third-order valence-electron chi connectivity index (χ3n) is 8.52. The van der Waals surface area contributed by atoms with Crippen molar-refractivity contribution in [1.29, 1.82) is 0 Å². The Morgan fingerprint density at radius 2 is 1.79 bits per heavy atom. The Kier molecular flexibility index (Phi) is 8.22. The van der Waals surface area contributed by atoms with Gasteiger partial charge in [0.1, 0.15) is 0 Å². The molecule has 0 radical (unpaired) electrons. The molecule has 2 nitrogen and oxygen atoms in total. The summed E-state index contributed by atoms with van der Waals surface area (Å²) in [6, 6.07) is 0. The maximum atomic E-state index is 10.1. The molecular weight excluding hydrogens is 475 g/mol. The highest BCUT2D eigenvalue weighted by Gasteiger charge is 2.54. The van der Waals surface area contributed by atoms with Crippen LogP contribution in [0.3, 0.4) is 0 Å². The quantitative estimate of drug-likeness (QED) is 0.202. The SMILES string of the molecule is CC(C)(O)CCC[C@@H](CI)[C@H]1CC[C@H]2[C@@H](O[Si](C)(C)C(C)(C)C)CCC[C@]12C. The molecule has 2 aliphatic rings. The first kappa shape index (κ1) is 25.1. The largest absolute Gasteiger partial charge is 0.414 e. The highest BCUT2D eigenvalue weighted by atomic mass is 127. The standard InChI is InChI=1S/C24H47IO2Si/c1-22(2,3)28(7,8)27-21-12-10-16-24(6)19(13-14-20(21)24)18(17-25)11-9-15-23(4,5)26/h18-21,26H,9-17H2,1-8H3/t18-,19+,20-,21-,24+/m0/s1. The topological polar surface area (TPSA) is 29.5 Å². The highest BCUT2D eigenvalue weighted by molar-refractivity contribution is 14.1. The smallest absolute Gasteiger partial charge is 0.192 e. The van der Waals surface area contributed by atoms with E-state index in [4.69, 9.17) is 4.43 Å². The van der Waals surface area contributed by atoms with Crippen LogP contribution < -0.4 is 0 Å². The minimum Gasteiger partial charge on any atom is -0.414 e. The number of halogens is 1. The molecule has 0 aliphatic heterocycles. The lowest BCUT2D eigenvalue weighted by Gasteiger charge is -2.50. The lowest BCUT2D eigenvalue weighted by molar-refractivity contribution is -0.0211. The van der Waals surface area contributed by atoms with Gasteiger partial charge in [0.05, 0.1) is 5.60 Å². The van der Waals surface area contributed by atoms with Crippen LogP contribution in [0.25, 0.3) is 0 Å². The summed E-state index contributed by atoms with van der Waals surface area (Å²) < 4.78 is 8.27. The first-order valence-electron chi connectivity index (χ1n) is 11.7. The summed E-state index contributed by atoms with van der Waals surface area (Å²) in [7, 11) is -1.71. The maximum absolute atomic E-state index is 10.1. The summed E-state index contributed by atoms with van der Waals surface area (Å²) in [6.07, 6.45) is 10.6. The first-order valence-corrected chi connectivity index (χ1v) is 16.1. The Balaban J connectivity index is 2.09. The lowest BCUT2D eigenvalue weighted by Crippen LogP contribution is -2.50. The Hall–Kier alpha value is 0.867. The predicted octanol–water partition coefficient (Wildman–Crippen LogP) is 7.59. The molecule has 0 bridgehead atoms. The van der Waals surface area contributed by atoms with Crippen LogP contribution in [-0.2, 0) is 4.43 Å². The van der Waals surface area contributed by atoms with Crippen LogP contribution >= 0.6 is 22.6 Å². The fourth-order valence-electron chi connectivity index (χ4n) is 5.81. The third kappa shape index (κ3) is 5.76. The lowest BCUT2D eigenvalue weighted by atomic mass is 9.61. The van der Waals surface area contributed by atoms with E-state index in [2.05, 4.69) is 63.4 Å². The molecule has 4 heteroatoms. The number of hydrogen-bond donors (Lipinski definition) is 1. The highest BCUT2D eigenvalue weighted by Crippen LogP contribution is 2.59. The van der Waals surface area contributed by atoms with Gasteiger partial charge in [-0.3, -0.25) is 0 Å². The molecule has 2 fully saturated rings. The summed E-state index contributed by atoms with van der Waals surface area (Å²) in [5.41, 5.74) is -0.0687. The summed E-state index contributed by atoms with van der Waals surface area (Å²) in [6.45, 7) is 18.5. The second-order valence-corrected chi connectivity index (χ2v) is 17.9. The van der Waals surface area contributed by atoms with E-state index in [0.717, 1.165) is 30.6 Å². The molecule has 2 rings (SSSR count). The van der Waals surface area contributed by atoms with E-state index in [9.17, 15) is 5.11 Å². The van der Waals surface area contributed by atoms with Crippen molar-refractivity contribution in [2.45, 2.75) is 123 Å². The summed E-state index contributed by atoms with van der Waals surface area (Å²) in [4.78, 5) is 0. The number of rotatable bonds is 8. The monoisotopic (exact) mass is 522 g/mol. The van der Waals surface area contributed by atoms with Gasteiger partial charge in [-0.2, -0.15) is 0 Å². The van der Waals surface area contributed by atoms with Gasteiger partial charge in [-0.1, -0.05) is 63.1 Å². The second kappa shape index (κ2) is 9.16. The third-order valence-corrected chi connectivity index (χ3v) is 14.2. The zero-order chi connectivity index (χ0) is 21.4. The normalized spacial score (nSPS) is 33.0. The van der Waals surface area contributed by atoms with Crippen molar-refractivity contribution in [1.82, 2.24) is 0 Å². The Morgan fingerprint density at radius 1 is 1.14 bits per heavy atom. The number of aliphatic hydroxyl groups is 1. The van der Waals surface area contributed by atoms with Crippen LogP contribution in [0, 0.1) is 23.2 Å². The van der Waals surface area contributed by atoms with E-state index in [-0.39, 0.29) is 0 Å². The zero-order valence-corrected chi connectivity index (χ0v) is 23.1. The van der Waals surface area contributed by atoms with Crippen molar-refractivity contribution in [2.24, 2.45) is 23.2 Å². The molecule has 0 aromatic rings. The average Bonchev–Trinajstić information content (AvgIpc) is 2.87. The Morgan fingerprint density at radius 3 is 2.32 bits per heavy atom. The van der Waals surface area contributed by atoms with Gasteiger partial charge in [0.2, 0.25) is 0 Å². The van der Waals surface area contributed by atoms with Gasteiger partial charge in [-0.15, -0.1) is 0 Å². The molecule has 0 aromatic carbocycles. The Labute approximate surface area is 190 Å². The molecule has 0 aromatic heterocycles. The van der Waals surface area contributed by atoms with Crippen LogP contribution in [0.2, 0.25) is 18.1 Å². The molecular formula is C24H47IO2Si. The number of fused-ring (bicyclic) bond motifs is 1. The van der Waals surface area contributed by atoms with E-state index in [1.807, 2.05) is 13.8 Å². The Bertz CT molecular complexity index is 508. The maximum Gasteiger partial charge on any atom is 0.192 e. The van der Waals surface area contributed by atoms with Gasteiger partial charge >= 0.3 is 0 Å². The van der Waals surface area contributed by atoms with Crippen molar-refractivity contribution in [3.8, 4) is 0 Å². The van der Waals surface area contributed by atoms with E-state index in [0.29, 0.717) is 16.6 Å². The van der Waals surface area contributed by atoms with Crippen LogP contribution in [-0.4, -0.2) is 29.6 Å². The number of hydrogen-bond acceptors (Lipinski definition) is 2. The fraction of sp³-hybridized carbons (Fsp3) is 1.00. The minimum absolute atomic E-state index is 0.292. The van der Waals surface area contributed by atoms with Gasteiger partial charge in [-0.05, 0) is 93.7 Å². The van der Waals surface area contributed by atoms with Gasteiger partial charge in [0, 0.05) is 10.5 Å². The molecule has 0 amide bonds. The zero-order valence-electron chi connectivity index (χ0n) is 19.9. The summed E-state index contributed by atoms with van der Waals surface area (Å²) >= 11 is 2.62. The van der Waals surface area contributed by atoms with Gasteiger partial charge in [0.25, 0.3) is 0 Å². The predicted molar refractivity (Wildman–Crippen MR) is 133 cm³/mol. The van der Waals surface area contributed by atoms with Crippen LogP contribution in [0.1, 0.15) is 92.9 Å². The molecule has 0 heterocycles. The molecule has 166 valence electrons. The van der Waals surface area contributed by atoms with Crippen molar-refractivity contribution in [3.63, 3.8) is 0 Å². The van der Waals surface area contributed by atoms with Gasteiger partial charge in [0.15, 0.2) is 8.32 Å². The molecule has 28 heavy (non-hydrogen) atoms.